The van der Waals surface area contributed by atoms with Gasteiger partial charge in [-0.3, -0.25) is 0 Å². The number of rotatable bonds is 5. The Bertz CT molecular complexity index is 298. The second-order valence-corrected chi connectivity index (χ2v) is 5.10. The molecule has 0 fully saturated rings. The average Bonchev–Trinajstić information content (AvgIpc) is 2.19. The number of nitrogens with two attached hydrogens (primary N) is 1. The van der Waals surface area contributed by atoms with Gasteiger partial charge in [-0.2, -0.15) is 0 Å². The molecule has 2 nitrogen and oxygen atoms in total. The van der Waals surface area contributed by atoms with Crippen LogP contribution in [0.15, 0.2) is 24.3 Å². The Morgan fingerprint density at radius 2 is 1.69 bits per heavy atom. The Kier molecular flexibility index (Phi) is 4.81. The molecule has 1 rings (SSSR count). The summed E-state index contributed by atoms with van der Waals surface area (Å²) in [5, 5.41) is 0. The maximum absolute atomic E-state index is 5.76. The van der Waals surface area contributed by atoms with E-state index in [9.17, 15) is 0 Å². The molecule has 90 valence electrons. The molecule has 0 aliphatic rings. The van der Waals surface area contributed by atoms with Crippen molar-refractivity contribution in [1.29, 1.82) is 0 Å². The molecule has 0 amide bonds. The lowest BCUT2D eigenvalue weighted by Gasteiger charge is -2.21. The van der Waals surface area contributed by atoms with Gasteiger partial charge in [-0.05, 0) is 64.3 Å². The molecule has 16 heavy (non-hydrogen) atoms. The predicted molar refractivity (Wildman–Crippen MR) is 68.8 cm³/mol. The first-order valence-corrected chi connectivity index (χ1v) is 5.99. The second kappa shape index (κ2) is 5.90. The lowest BCUT2D eigenvalue weighted by atomic mass is 10.1. The molecular weight excluding hydrogens is 198 g/mol. The zero-order valence-electron chi connectivity index (χ0n) is 10.6. The summed E-state index contributed by atoms with van der Waals surface area (Å²) < 4.78 is 5.76. The fourth-order valence-electron chi connectivity index (χ4n) is 1.55. The number of benzene rings is 1. The number of unbranched alkanes of at least 4 members (excludes halogenated alkanes) is 1. The summed E-state index contributed by atoms with van der Waals surface area (Å²) in [6.45, 7) is 6.96. The van der Waals surface area contributed by atoms with Gasteiger partial charge in [-0.15, -0.1) is 0 Å². The van der Waals surface area contributed by atoms with E-state index in [2.05, 4.69) is 32.9 Å². The summed E-state index contributed by atoms with van der Waals surface area (Å²) in [7, 11) is 0. The SMILES string of the molecule is CC(C)(C)Oc1ccc(CCCCN)cc1. The molecule has 0 atom stereocenters. The van der Waals surface area contributed by atoms with E-state index in [0.717, 1.165) is 31.6 Å². The number of ether oxygens (including phenoxy) is 1. The van der Waals surface area contributed by atoms with E-state index in [0.29, 0.717) is 0 Å². The normalized spacial score (nSPS) is 11.5. The molecule has 0 saturated heterocycles. The molecule has 1 aromatic carbocycles. The molecule has 0 aromatic heterocycles. The molecule has 1 aromatic rings. The van der Waals surface area contributed by atoms with Gasteiger partial charge in [0.2, 0.25) is 0 Å². The summed E-state index contributed by atoms with van der Waals surface area (Å²) in [5.41, 5.74) is 6.70. The quantitative estimate of drug-likeness (QED) is 0.775. The topological polar surface area (TPSA) is 35.2 Å². The fraction of sp³-hybridized carbons (Fsp3) is 0.571. The van der Waals surface area contributed by atoms with E-state index in [4.69, 9.17) is 10.5 Å². The van der Waals surface area contributed by atoms with Crippen LogP contribution in [0.1, 0.15) is 39.2 Å². The lowest BCUT2D eigenvalue weighted by molar-refractivity contribution is 0.131. The van der Waals surface area contributed by atoms with Crippen LogP contribution in [0.2, 0.25) is 0 Å². The van der Waals surface area contributed by atoms with Gasteiger partial charge in [0, 0.05) is 0 Å². The summed E-state index contributed by atoms with van der Waals surface area (Å²) >= 11 is 0. The molecule has 0 spiro atoms. The van der Waals surface area contributed by atoms with Crippen LogP contribution in [-0.2, 0) is 6.42 Å². The Morgan fingerprint density at radius 1 is 1.06 bits per heavy atom. The van der Waals surface area contributed by atoms with Crippen molar-refractivity contribution in [1.82, 2.24) is 0 Å². The van der Waals surface area contributed by atoms with Crippen molar-refractivity contribution in [3.8, 4) is 5.75 Å². The highest BCUT2D eigenvalue weighted by Gasteiger charge is 2.11. The zero-order chi connectivity index (χ0) is 12.0. The van der Waals surface area contributed by atoms with Crippen molar-refractivity contribution >= 4 is 0 Å². The van der Waals surface area contributed by atoms with Crippen molar-refractivity contribution in [3.63, 3.8) is 0 Å². The van der Waals surface area contributed by atoms with Crippen LogP contribution in [0.25, 0.3) is 0 Å². The fourth-order valence-corrected chi connectivity index (χ4v) is 1.55. The average molecular weight is 221 g/mol. The van der Waals surface area contributed by atoms with Crippen molar-refractivity contribution in [2.75, 3.05) is 6.54 Å². The lowest BCUT2D eigenvalue weighted by Crippen LogP contribution is -2.22. The zero-order valence-corrected chi connectivity index (χ0v) is 10.6. The van der Waals surface area contributed by atoms with Crippen molar-refractivity contribution in [2.24, 2.45) is 5.73 Å². The maximum Gasteiger partial charge on any atom is 0.120 e. The molecule has 0 unspecified atom stereocenters. The molecule has 2 N–H and O–H groups in total. The van der Waals surface area contributed by atoms with E-state index in [1.165, 1.54) is 5.56 Å². The molecule has 0 aliphatic heterocycles. The first-order valence-electron chi connectivity index (χ1n) is 5.99. The third-order valence-corrected chi connectivity index (χ3v) is 2.27. The van der Waals surface area contributed by atoms with Crippen molar-refractivity contribution < 1.29 is 4.74 Å². The molecule has 2 heteroatoms. The predicted octanol–water partition coefficient (Wildman–Crippen LogP) is 3.15. The Balaban J connectivity index is 2.48. The third-order valence-electron chi connectivity index (χ3n) is 2.27. The van der Waals surface area contributed by atoms with Crippen molar-refractivity contribution in [2.45, 2.75) is 45.6 Å². The van der Waals surface area contributed by atoms with Crippen molar-refractivity contribution in [3.05, 3.63) is 29.8 Å². The maximum atomic E-state index is 5.76. The first kappa shape index (κ1) is 13.0. The Hall–Kier alpha value is -1.02. The van der Waals surface area contributed by atoms with Gasteiger partial charge >= 0.3 is 0 Å². The molecule has 0 radical (unpaired) electrons. The van der Waals surface area contributed by atoms with E-state index in [-0.39, 0.29) is 5.60 Å². The third kappa shape index (κ3) is 5.17. The molecular formula is C14H23NO. The number of hydrogen-bond acceptors (Lipinski definition) is 2. The Morgan fingerprint density at radius 3 is 2.19 bits per heavy atom. The summed E-state index contributed by atoms with van der Waals surface area (Å²) in [4.78, 5) is 0. The van der Waals surface area contributed by atoms with Gasteiger partial charge in [-0.1, -0.05) is 12.1 Å². The molecule has 0 saturated carbocycles. The summed E-state index contributed by atoms with van der Waals surface area (Å²) in [5.74, 6) is 0.940. The summed E-state index contributed by atoms with van der Waals surface area (Å²) in [6, 6.07) is 8.36. The highest BCUT2D eigenvalue weighted by atomic mass is 16.5. The number of aryl methyl sites for hydroxylation is 1. The van der Waals surface area contributed by atoms with Gasteiger partial charge < -0.3 is 10.5 Å². The minimum atomic E-state index is -0.124. The van der Waals surface area contributed by atoms with Gasteiger partial charge in [0.15, 0.2) is 0 Å². The van der Waals surface area contributed by atoms with E-state index < -0.39 is 0 Å². The van der Waals surface area contributed by atoms with Crippen LogP contribution in [0, 0.1) is 0 Å². The largest absolute Gasteiger partial charge is 0.488 e. The Labute approximate surface area is 98.8 Å². The first-order chi connectivity index (χ1) is 7.51. The second-order valence-electron chi connectivity index (χ2n) is 5.10. The van der Waals surface area contributed by atoms with Gasteiger partial charge in [0.1, 0.15) is 11.4 Å². The van der Waals surface area contributed by atoms with E-state index in [1.54, 1.807) is 0 Å². The van der Waals surface area contributed by atoms with Gasteiger partial charge in [0.25, 0.3) is 0 Å². The molecule has 0 bridgehead atoms. The minimum Gasteiger partial charge on any atom is -0.488 e. The minimum absolute atomic E-state index is 0.124. The monoisotopic (exact) mass is 221 g/mol. The van der Waals surface area contributed by atoms with Crippen LogP contribution in [0.4, 0.5) is 0 Å². The highest BCUT2D eigenvalue weighted by Crippen LogP contribution is 2.19. The van der Waals surface area contributed by atoms with Gasteiger partial charge in [0.05, 0.1) is 0 Å². The van der Waals surface area contributed by atoms with Crippen LogP contribution < -0.4 is 10.5 Å². The van der Waals surface area contributed by atoms with E-state index in [1.807, 2.05) is 12.1 Å². The molecule has 0 heterocycles. The summed E-state index contributed by atoms with van der Waals surface area (Å²) in [6.07, 6.45) is 3.36. The smallest absolute Gasteiger partial charge is 0.120 e. The highest BCUT2D eigenvalue weighted by molar-refractivity contribution is 5.27. The van der Waals surface area contributed by atoms with Gasteiger partial charge in [-0.25, -0.2) is 0 Å². The van der Waals surface area contributed by atoms with Crippen LogP contribution >= 0.6 is 0 Å². The van der Waals surface area contributed by atoms with E-state index >= 15 is 0 Å². The van der Waals surface area contributed by atoms with Crippen LogP contribution in [0.5, 0.6) is 5.75 Å². The number of hydrogen-bond donors (Lipinski definition) is 1. The molecule has 0 aliphatic carbocycles. The van der Waals surface area contributed by atoms with Crippen LogP contribution in [-0.4, -0.2) is 12.1 Å². The van der Waals surface area contributed by atoms with Crippen LogP contribution in [0.3, 0.4) is 0 Å². The standard InChI is InChI=1S/C14H23NO/c1-14(2,3)16-13-9-7-12(8-10-13)6-4-5-11-15/h7-10H,4-6,11,15H2,1-3H3.